The van der Waals surface area contributed by atoms with Gasteiger partial charge in [-0.15, -0.1) is 0 Å². The minimum Gasteiger partial charge on any atom is -0.379 e. The Hall–Kier alpha value is -2.50. The molecule has 0 atom stereocenters. The predicted molar refractivity (Wildman–Crippen MR) is 119 cm³/mol. The van der Waals surface area contributed by atoms with Crippen molar-refractivity contribution in [3.63, 3.8) is 0 Å². The van der Waals surface area contributed by atoms with Gasteiger partial charge in [0.25, 0.3) is 5.91 Å². The number of nitrogens with zero attached hydrogens (tertiary/aromatic N) is 4. The molecule has 1 aliphatic heterocycles. The lowest BCUT2D eigenvalue weighted by Crippen LogP contribution is -2.43. The number of aromatic nitrogens is 1. The van der Waals surface area contributed by atoms with E-state index in [1.165, 1.54) is 11.3 Å². The molecule has 30 heavy (non-hydrogen) atoms. The van der Waals surface area contributed by atoms with E-state index < -0.39 is 0 Å². The third-order valence-electron chi connectivity index (χ3n) is 5.22. The van der Waals surface area contributed by atoms with Crippen LogP contribution in [0.5, 0.6) is 0 Å². The number of morpholine rings is 1. The zero-order valence-corrected chi connectivity index (χ0v) is 18.2. The Labute approximate surface area is 184 Å². The normalized spacial score (nSPS) is 14.6. The number of nitriles is 1. The summed E-state index contributed by atoms with van der Waals surface area (Å²) in [7, 11) is 0. The van der Waals surface area contributed by atoms with E-state index in [1.54, 1.807) is 29.2 Å². The van der Waals surface area contributed by atoms with Crippen LogP contribution >= 0.6 is 22.9 Å². The lowest BCUT2D eigenvalue weighted by Gasteiger charge is -2.29. The molecule has 0 radical (unpaired) electrons. The maximum absolute atomic E-state index is 13.4. The highest BCUT2D eigenvalue weighted by Crippen LogP contribution is 2.34. The molecule has 4 rings (SSSR count). The van der Waals surface area contributed by atoms with Crippen LogP contribution in [0.1, 0.15) is 21.5 Å². The number of ether oxygens (including phenoxy) is 1. The molecule has 0 spiro atoms. The molecule has 154 valence electrons. The van der Waals surface area contributed by atoms with E-state index in [2.05, 4.69) is 11.0 Å². The highest BCUT2D eigenvalue weighted by molar-refractivity contribution is 7.22. The monoisotopic (exact) mass is 440 g/mol. The van der Waals surface area contributed by atoms with Gasteiger partial charge in [0.2, 0.25) is 0 Å². The number of aryl methyl sites for hydroxylation is 1. The van der Waals surface area contributed by atoms with Crippen LogP contribution in [0.4, 0.5) is 5.13 Å². The predicted octanol–water partition coefficient (Wildman–Crippen LogP) is 4.11. The van der Waals surface area contributed by atoms with Gasteiger partial charge in [-0.1, -0.05) is 22.9 Å². The van der Waals surface area contributed by atoms with Crippen LogP contribution in [0.2, 0.25) is 5.02 Å². The van der Waals surface area contributed by atoms with E-state index in [0.717, 1.165) is 35.4 Å². The molecule has 1 fully saturated rings. The van der Waals surface area contributed by atoms with Crippen molar-refractivity contribution in [1.29, 1.82) is 5.26 Å². The number of fused-ring (bicyclic) bond motifs is 1. The molecule has 1 amide bonds. The van der Waals surface area contributed by atoms with Gasteiger partial charge in [0.15, 0.2) is 5.13 Å². The number of hydrogen-bond donors (Lipinski definition) is 0. The average molecular weight is 441 g/mol. The fourth-order valence-corrected chi connectivity index (χ4v) is 4.60. The Morgan fingerprint density at radius 1 is 1.27 bits per heavy atom. The Balaban J connectivity index is 1.66. The molecule has 8 heteroatoms. The zero-order chi connectivity index (χ0) is 21.1. The second-order valence-corrected chi connectivity index (χ2v) is 8.53. The lowest BCUT2D eigenvalue weighted by molar-refractivity contribution is 0.0391. The summed E-state index contributed by atoms with van der Waals surface area (Å²) < 4.78 is 6.42. The highest BCUT2D eigenvalue weighted by Gasteiger charge is 2.23. The number of halogens is 1. The van der Waals surface area contributed by atoms with E-state index in [-0.39, 0.29) is 5.91 Å². The Kier molecular flexibility index (Phi) is 6.30. The minimum atomic E-state index is -0.129. The molecule has 0 unspecified atom stereocenters. The number of hydrogen-bond acceptors (Lipinski definition) is 6. The molecular formula is C22H21ClN4O2S. The molecule has 1 aromatic heterocycles. The number of amides is 1. The van der Waals surface area contributed by atoms with Gasteiger partial charge in [-0.3, -0.25) is 14.6 Å². The summed E-state index contributed by atoms with van der Waals surface area (Å²) in [5, 5.41) is 10.3. The van der Waals surface area contributed by atoms with Gasteiger partial charge in [0, 0.05) is 36.8 Å². The van der Waals surface area contributed by atoms with Crippen LogP contribution in [0.3, 0.4) is 0 Å². The van der Waals surface area contributed by atoms with Gasteiger partial charge in [-0.2, -0.15) is 5.26 Å². The molecule has 6 nitrogen and oxygen atoms in total. The van der Waals surface area contributed by atoms with Gasteiger partial charge < -0.3 is 4.74 Å². The summed E-state index contributed by atoms with van der Waals surface area (Å²) >= 11 is 7.75. The topological polar surface area (TPSA) is 69.5 Å². The van der Waals surface area contributed by atoms with E-state index in [1.807, 2.05) is 19.1 Å². The fraction of sp³-hybridized carbons (Fsp3) is 0.318. The first-order valence-electron chi connectivity index (χ1n) is 9.74. The average Bonchev–Trinajstić information content (AvgIpc) is 3.22. The van der Waals surface area contributed by atoms with Crippen molar-refractivity contribution >= 4 is 44.2 Å². The maximum Gasteiger partial charge on any atom is 0.260 e. The molecule has 0 bridgehead atoms. The van der Waals surface area contributed by atoms with Gasteiger partial charge in [0.1, 0.15) is 0 Å². The molecule has 1 aliphatic rings. The Morgan fingerprint density at radius 3 is 2.70 bits per heavy atom. The van der Waals surface area contributed by atoms with Crippen LogP contribution in [0, 0.1) is 18.3 Å². The van der Waals surface area contributed by atoms with Gasteiger partial charge >= 0.3 is 0 Å². The first kappa shape index (κ1) is 20.8. The highest BCUT2D eigenvalue weighted by atomic mass is 35.5. The first-order valence-corrected chi connectivity index (χ1v) is 10.9. The van der Waals surface area contributed by atoms with Crippen molar-refractivity contribution in [2.24, 2.45) is 0 Å². The third-order valence-corrected chi connectivity index (χ3v) is 6.67. The van der Waals surface area contributed by atoms with E-state index in [4.69, 9.17) is 26.6 Å². The third kappa shape index (κ3) is 4.32. The lowest BCUT2D eigenvalue weighted by atomic mass is 10.1. The van der Waals surface area contributed by atoms with Crippen molar-refractivity contribution in [3.05, 3.63) is 58.1 Å². The molecule has 3 aromatic rings. The first-order chi connectivity index (χ1) is 14.6. The quantitative estimate of drug-likeness (QED) is 0.597. The minimum absolute atomic E-state index is 0.129. The van der Waals surface area contributed by atoms with Crippen molar-refractivity contribution in [3.8, 4) is 6.07 Å². The number of carbonyl (C=O) groups excluding carboxylic acids is 1. The SMILES string of the molecule is Cc1c(Cl)ccc2sc(N(CCN3CCOCC3)C(=O)c3ccc(C#N)cc3)nc12. The van der Waals surface area contributed by atoms with E-state index >= 15 is 0 Å². The van der Waals surface area contributed by atoms with Crippen molar-refractivity contribution in [1.82, 2.24) is 9.88 Å². The molecule has 1 saturated heterocycles. The zero-order valence-electron chi connectivity index (χ0n) is 16.6. The summed E-state index contributed by atoms with van der Waals surface area (Å²) in [5.41, 5.74) is 2.80. The molecule has 0 saturated carbocycles. The second-order valence-electron chi connectivity index (χ2n) is 7.12. The molecular weight excluding hydrogens is 420 g/mol. The molecule has 2 aromatic carbocycles. The number of benzene rings is 2. The molecule has 0 aliphatic carbocycles. The number of anilines is 1. The van der Waals surface area contributed by atoms with Crippen molar-refractivity contribution in [2.75, 3.05) is 44.3 Å². The second kappa shape index (κ2) is 9.11. The van der Waals surface area contributed by atoms with Crippen molar-refractivity contribution in [2.45, 2.75) is 6.92 Å². The Morgan fingerprint density at radius 2 is 2.00 bits per heavy atom. The van der Waals surface area contributed by atoms with Crippen LogP contribution in [0.15, 0.2) is 36.4 Å². The molecule has 0 N–H and O–H groups in total. The summed E-state index contributed by atoms with van der Waals surface area (Å²) in [4.78, 5) is 22.2. The van der Waals surface area contributed by atoms with Crippen molar-refractivity contribution < 1.29 is 9.53 Å². The van der Waals surface area contributed by atoms with E-state index in [0.29, 0.717) is 41.0 Å². The summed E-state index contributed by atoms with van der Waals surface area (Å²) in [5.74, 6) is -0.129. The number of thiazole rings is 1. The largest absolute Gasteiger partial charge is 0.379 e. The van der Waals surface area contributed by atoms with Crippen LogP contribution in [0.25, 0.3) is 10.2 Å². The van der Waals surface area contributed by atoms with E-state index in [9.17, 15) is 4.79 Å². The maximum atomic E-state index is 13.4. The molecule has 2 heterocycles. The van der Waals surface area contributed by atoms with Crippen LogP contribution < -0.4 is 4.90 Å². The van der Waals surface area contributed by atoms with Gasteiger partial charge in [-0.25, -0.2) is 4.98 Å². The summed E-state index contributed by atoms with van der Waals surface area (Å²) in [6, 6.07) is 12.6. The smallest absolute Gasteiger partial charge is 0.260 e. The van der Waals surface area contributed by atoms with Crippen LogP contribution in [-0.2, 0) is 4.74 Å². The van der Waals surface area contributed by atoms with Gasteiger partial charge in [-0.05, 0) is 48.9 Å². The summed E-state index contributed by atoms with van der Waals surface area (Å²) in [6.07, 6.45) is 0. The summed E-state index contributed by atoms with van der Waals surface area (Å²) in [6.45, 7) is 6.33. The number of rotatable bonds is 5. The Bertz CT molecular complexity index is 1100. The fourth-order valence-electron chi connectivity index (χ4n) is 3.40. The number of carbonyl (C=O) groups is 1. The van der Waals surface area contributed by atoms with Crippen LogP contribution in [-0.4, -0.2) is 55.2 Å². The standard InChI is InChI=1S/C22H21ClN4O2S/c1-15-18(23)6-7-19-20(15)25-22(30-19)27(9-8-26-10-12-29-13-11-26)21(28)17-4-2-16(14-24)3-5-17/h2-7H,8-13H2,1H3. The van der Waals surface area contributed by atoms with Gasteiger partial charge in [0.05, 0.1) is 35.1 Å².